The molecule has 1 amide bonds. The number of pyridine rings is 1. The number of nitrogens with zero attached hydrogens (tertiary/aromatic N) is 5. The molecule has 0 aliphatic carbocycles. The summed E-state index contributed by atoms with van der Waals surface area (Å²) in [4.78, 5) is 21.2. The molecular weight excluding hydrogens is 424 g/mol. The quantitative estimate of drug-likeness (QED) is 0.424. The van der Waals surface area contributed by atoms with Crippen molar-refractivity contribution in [3.05, 3.63) is 71.6 Å². The molecule has 0 aliphatic heterocycles. The van der Waals surface area contributed by atoms with Crippen molar-refractivity contribution in [1.82, 2.24) is 29.8 Å². The van der Waals surface area contributed by atoms with Crippen LogP contribution in [0.4, 0.5) is 14.5 Å². The first kappa shape index (κ1) is 19.0. The number of rotatable bonds is 5. The Bertz CT molecular complexity index is 1380. The number of anilines is 1. The van der Waals surface area contributed by atoms with Gasteiger partial charge in [-0.05, 0) is 6.07 Å². The monoisotopic (exact) mass is 437 g/mol. The zero-order chi connectivity index (χ0) is 21.4. The van der Waals surface area contributed by atoms with E-state index in [1.54, 1.807) is 22.8 Å². The van der Waals surface area contributed by atoms with Crippen molar-refractivity contribution in [2.24, 2.45) is 0 Å². The summed E-state index contributed by atoms with van der Waals surface area (Å²) in [6, 6.07) is 12.9. The zero-order valence-electron chi connectivity index (χ0n) is 15.7. The first-order chi connectivity index (χ1) is 15.1. The Hall–Kier alpha value is -3.99. The molecule has 31 heavy (non-hydrogen) atoms. The number of carbonyl (C=O) groups excluding carboxylic acids is 1. The van der Waals surface area contributed by atoms with Crippen molar-refractivity contribution < 1.29 is 13.6 Å². The highest BCUT2D eigenvalue weighted by molar-refractivity contribution is 7.13. The van der Waals surface area contributed by atoms with E-state index < -0.39 is 12.3 Å². The molecular formula is C20H13F2N7OS. The van der Waals surface area contributed by atoms with Crippen LogP contribution in [0.25, 0.3) is 27.6 Å². The number of fused-ring (bicyclic) bond motifs is 1. The average Bonchev–Trinajstić information content (AvgIpc) is 3.52. The van der Waals surface area contributed by atoms with Crippen LogP contribution in [0.2, 0.25) is 0 Å². The van der Waals surface area contributed by atoms with Gasteiger partial charge < -0.3 is 5.32 Å². The summed E-state index contributed by atoms with van der Waals surface area (Å²) in [5.41, 5.74) is 2.08. The van der Waals surface area contributed by atoms with Crippen LogP contribution in [0.1, 0.15) is 22.6 Å². The molecule has 0 bridgehead atoms. The molecule has 0 spiro atoms. The SMILES string of the molecule is O=C(Nc1ccn2nc(-c3ccccc3)nc2c1)c1[nH]ncc1-c1nc(C(F)F)cs1. The van der Waals surface area contributed by atoms with E-state index >= 15 is 0 Å². The number of alkyl halides is 2. The van der Waals surface area contributed by atoms with E-state index in [2.05, 4.69) is 30.6 Å². The van der Waals surface area contributed by atoms with Crippen LogP contribution in [0.3, 0.4) is 0 Å². The maximum absolute atomic E-state index is 12.8. The Morgan fingerprint density at radius 3 is 2.77 bits per heavy atom. The molecule has 0 unspecified atom stereocenters. The van der Waals surface area contributed by atoms with Crippen molar-refractivity contribution in [3.8, 4) is 22.0 Å². The summed E-state index contributed by atoms with van der Waals surface area (Å²) in [5.74, 6) is 0.0898. The number of halogens is 2. The highest BCUT2D eigenvalue weighted by Crippen LogP contribution is 2.30. The van der Waals surface area contributed by atoms with Gasteiger partial charge in [0, 0.05) is 28.9 Å². The molecule has 4 heterocycles. The van der Waals surface area contributed by atoms with E-state index in [9.17, 15) is 13.6 Å². The number of benzene rings is 1. The molecule has 5 rings (SSSR count). The molecule has 8 nitrogen and oxygen atoms in total. The molecule has 1 aromatic carbocycles. The van der Waals surface area contributed by atoms with Gasteiger partial charge in [0.15, 0.2) is 11.5 Å². The molecule has 154 valence electrons. The van der Waals surface area contributed by atoms with Gasteiger partial charge in [0.1, 0.15) is 16.4 Å². The van der Waals surface area contributed by atoms with Gasteiger partial charge in [-0.25, -0.2) is 23.3 Å². The second kappa shape index (κ2) is 7.69. The first-order valence-corrected chi connectivity index (χ1v) is 9.97. The maximum Gasteiger partial charge on any atom is 0.281 e. The minimum Gasteiger partial charge on any atom is -0.320 e. The highest BCUT2D eigenvalue weighted by Gasteiger charge is 2.20. The van der Waals surface area contributed by atoms with Crippen LogP contribution in [0, 0.1) is 0 Å². The van der Waals surface area contributed by atoms with E-state index in [4.69, 9.17) is 0 Å². The smallest absolute Gasteiger partial charge is 0.281 e. The van der Waals surface area contributed by atoms with Crippen LogP contribution >= 0.6 is 11.3 Å². The van der Waals surface area contributed by atoms with E-state index in [-0.39, 0.29) is 16.4 Å². The summed E-state index contributed by atoms with van der Waals surface area (Å²) in [6.45, 7) is 0. The molecule has 0 radical (unpaired) electrons. The Balaban J connectivity index is 1.40. The van der Waals surface area contributed by atoms with Gasteiger partial charge >= 0.3 is 0 Å². The predicted molar refractivity (Wildman–Crippen MR) is 111 cm³/mol. The van der Waals surface area contributed by atoms with Gasteiger partial charge in [0.25, 0.3) is 12.3 Å². The summed E-state index contributed by atoms with van der Waals surface area (Å²) in [7, 11) is 0. The van der Waals surface area contributed by atoms with E-state index in [1.165, 1.54) is 11.6 Å². The fourth-order valence-electron chi connectivity index (χ4n) is 2.99. The lowest BCUT2D eigenvalue weighted by Crippen LogP contribution is -2.13. The van der Waals surface area contributed by atoms with Crippen LogP contribution < -0.4 is 5.32 Å². The third-order valence-electron chi connectivity index (χ3n) is 4.47. The lowest BCUT2D eigenvalue weighted by Gasteiger charge is -2.05. The highest BCUT2D eigenvalue weighted by atomic mass is 32.1. The Morgan fingerprint density at radius 1 is 1.16 bits per heavy atom. The predicted octanol–water partition coefficient (Wildman–Crippen LogP) is 4.43. The fraction of sp³-hybridized carbons (Fsp3) is 0.0500. The lowest BCUT2D eigenvalue weighted by atomic mass is 10.2. The Kier molecular flexibility index (Phi) is 4.71. The fourth-order valence-corrected chi connectivity index (χ4v) is 3.82. The van der Waals surface area contributed by atoms with Gasteiger partial charge in [0.2, 0.25) is 0 Å². The van der Waals surface area contributed by atoms with Crippen molar-refractivity contribution in [2.75, 3.05) is 5.32 Å². The summed E-state index contributed by atoms with van der Waals surface area (Å²) in [5, 5.41) is 15.2. The van der Waals surface area contributed by atoms with Crippen molar-refractivity contribution >= 4 is 28.6 Å². The summed E-state index contributed by atoms with van der Waals surface area (Å²) in [6.07, 6.45) is 0.398. The molecule has 4 aromatic heterocycles. The third kappa shape index (κ3) is 3.66. The van der Waals surface area contributed by atoms with Gasteiger partial charge in [-0.3, -0.25) is 9.89 Å². The number of aromatic amines is 1. The number of nitrogens with one attached hydrogen (secondary N) is 2. The molecule has 0 saturated heterocycles. The van der Waals surface area contributed by atoms with Crippen LogP contribution in [0.5, 0.6) is 0 Å². The molecule has 2 N–H and O–H groups in total. The first-order valence-electron chi connectivity index (χ1n) is 9.09. The number of hydrogen-bond donors (Lipinski definition) is 2. The van der Waals surface area contributed by atoms with Gasteiger partial charge in [-0.1, -0.05) is 30.3 Å². The van der Waals surface area contributed by atoms with Gasteiger partial charge in [0.05, 0.1) is 11.8 Å². The van der Waals surface area contributed by atoms with E-state index in [1.807, 2.05) is 30.3 Å². The van der Waals surface area contributed by atoms with E-state index in [0.717, 1.165) is 16.9 Å². The largest absolute Gasteiger partial charge is 0.320 e. The minimum atomic E-state index is -2.68. The van der Waals surface area contributed by atoms with Crippen molar-refractivity contribution in [2.45, 2.75) is 6.43 Å². The zero-order valence-corrected chi connectivity index (χ0v) is 16.5. The third-order valence-corrected chi connectivity index (χ3v) is 5.36. The number of aromatic nitrogens is 6. The topological polar surface area (TPSA) is 101 Å². The van der Waals surface area contributed by atoms with E-state index in [0.29, 0.717) is 22.7 Å². The number of carbonyl (C=O) groups is 1. The van der Waals surface area contributed by atoms with Crippen molar-refractivity contribution in [1.29, 1.82) is 0 Å². The van der Waals surface area contributed by atoms with Gasteiger partial charge in [-0.15, -0.1) is 16.4 Å². The molecule has 0 aliphatic rings. The second-order valence-electron chi connectivity index (χ2n) is 6.51. The second-order valence-corrected chi connectivity index (χ2v) is 7.37. The minimum absolute atomic E-state index is 0.126. The standard InChI is InChI=1S/C20H13F2N7OS/c21-17(22)14-10-31-20(25-14)13-9-23-27-16(13)19(30)24-12-6-7-29-15(8-12)26-18(28-29)11-4-2-1-3-5-11/h1-10,17H,(H,23,27)(H,24,30). The Labute approximate surface area is 177 Å². The number of H-pyrrole nitrogens is 1. The van der Waals surface area contributed by atoms with Crippen LogP contribution in [-0.2, 0) is 0 Å². The molecule has 0 fully saturated rings. The summed E-state index contributed by atoms with van der Waals surface area (Å²) < 4.78 is 27.3. The Morgan fingerprint density at radius 2 is 2.00 bits per heavy atom. The molecule has 0 atom stereocenters. The number of thiazole rings is 1. The average molecular weight is 437 g/mol. The lowest BCUT2D eigenvalue weighted by molar-refractivity contribution is 0.102. The summed E-state index contributed by atoms with van der Waals surface area (Å²) >= 11 is 1.02. The molecule has 5 aromatic rings. The maximum atomic E-state index is 12.8. The van der Waals surface area contributed by atoms with Gasteiger partial charge in [-0.2, -0.15) is 5.10 Å². The van der Waals surface area contributed by atoms with Crippen molar-refractivity contribution in [3.63, 3.8) is 0 Å². The van der Waals surface area contributed by atoms with Crippen LogP contribution in [0.15, 0.2) is 60.2 Å². The number of hydrogen-bond acceptors (Lipinski definition) is 6. The molecule has 11 heteroatoms. The molecule has 0 saturated carbocycles. The van der Waals surface area contributed by atoms with Crippen LogP contribution in [-0.4, -0.2) is 35.7 Å². The normalized spacial score (nSPS) is 11.3. The number of amides is 1.